The average molecular weight is 289 g/mol. The van der Waals surface area contributed by atoms with E-state index in [0.717, 1.165) is 30.0 Å². The van der Waals surface area contributed by atoms with Gasteiger partial charge in [0.05, 0.1) is 23.8 Å². The third-order valence-corrected chi connectivity index (χ3v) is 3.26. The molecule has 0 saturated heterocycles. The predicted molar refractivity (Wildman–Crippen MR) is 85.1 cm³/mol. The van der Waals surface area contributed by atoms with Crippen LogP contribution in [0.15, 0.2) is 12.1 Å². The van der Waals surface area contributed by atoms with E-state index in [1.807, 2.05) is 32.9 Å². The zero-order valence-electron chi connectivity index (χ0n) is 13.9. The molecule has 1 rings (SSSR count). The second-order valence-electron chi connectivity index (χ2n) is 6.38. The summed E-state index contributed by atoms with van der Waals surface area (Å²) in [7, 11) is 0. The zero-order chi connectivity index (χ0) is 15.9. The second kappa shape index (κ2) is 7.99. The van der Waals surface area contributed by atoms with E-state index in [2.05, 4.69) is 30.2 Å². The molecule has 1 aromatic rings. The fourth-order valence-corrected chi connectivity index (χ4v) is 1.91. The molecule has 0 aliphatic heterocycles. The lowest BCUT2D eigenvalue weighted by atomic mass is 9.90. The van der Waals surface area contributed by atoms with Crippen LogP contribution in [0.2, 0.25) is 0 Å². The molecule has 0 amide bonds. The smallest absolute Gasteiger partial charge is 0.142 e. The third kappa shape index (κ3) is 6.59. The molecule has 0 aromatic carbocycles. The van der Waals surface area contributed by atoms with E-state index in [-0.39, 0.29) is 5.41 Å². The Kier molecular flexibility index (Phi) is 6.64. The predicted octanol–water partition coefficient (Wildman–Crippen LogP) is 3.60. The number of pyridine rings is 1. The van der Waals surface area contributed by atoms with Gasteiger partial charge in [0.25, 0.3) is 0 Å². The Balaban J connectivity index is 2.56. The molecular formula is C17H27N3O. The number of aryl methyl sites for hydroxylation is 1. The number of aromatic nitrogens is 1. The molecule has 0 unspecified atom stereocenters. The maximum Gasteiger partial charge on any atom is 0.142 e. The summed E-state index contributed by atoms with van der Waals surface area (Å²) < 4.78 is 5.85. The molecule has 0 atom stereocenters. The zero-order valence-corrected chi connectivity index (χ0v) is 13.9. The first-order valence-corrected chi connectivity index (χ1v) is 7.58. The summed E-state index contributed by atoms with van der Waals surface area (Å²) in [5.74, 6) is 0.837. The van der Waals surface area contributed by atoms with E-state index < -0.39 is 0 Å². The number of hydrogen-bond donors (Lipinski definition) is 1. The minimum absolute atomic E-state index is 0.281. The lowest BCUT2D eigenvalue weighted by molar-refractivity contribution is 0.279. The quantitative estimate of drug-likeness (QED) is 0.743. The highest BCUT2D eigenvalue weighted by atomic mass is 16.5. The summed E-state index contributed by atoms with van der Waals surface area (Å²) in [6.07, 6.45) is 1.70. The molecule has 0 aliphatic rings. The van der Waals surface area contributed by atoms with E-state index in [1.165, 1.54) is 0 Å². The van der Waals surface area contributed by atoms with Crippen LogP contribution in [0.25, 0.3) is 0 Å². The molecule has 4 heteroatoms. The highest BCUT2D eigenvalue weighted by Gasteiger charge is 2.16. The minimum Gasteiger partial charge on any atom is -0.492 e. The van der Waals surface area contributed by atoms with Crippen LogP contribution < -0.4 is 10.1 Å². The Morgan fingerprint density at radius 1 is 1.38 bits per heavy atom. The van der Waals surface area contributed by atoms with Crippen molar-refractivity contribution in [2.24, 2.45) is 5.41 Å². The summed E-state index contributed by atoms with van der Waals surface area (Å²) in [4.78, 5) is 4.55. The van der Waals surface area contributed by atoms with Crippen molar-refractivity contribution in [3.05, 3.63) is 23.5 Å². The number of nitrogens with one attached hydrogen (secondary N) is 1. The Morgan fingerprint density at radius 2 is 2.10 bits per heavy atom. The summed E-state index contributed by atoms with van der Waals surface area (Å²) in [6, 6.07) is 6.67. The van der Waals surface area contributed by atoms with Crippen LogP contribution in [0, 0.1) is 23.7 Å². The van der Waals surface area contributed by atoms with Crippen molar-refractivity contribution in [3.63, 3.8) is 0 Å². The molecule has 0 spiro atoms. The van der Waals surface area contributed by atoms with Gasteiger partial charge in [-0.1, -0.05) is 13.8 Å². The number of nitriles is 1. The Morgan fingerprint density at radius 3 is 2.71 bits per heavy atom. The number of nitrogens with zero attached hydrogens (tertiary/aromatic N) is 2. The van der Waals surface area contributed by atoms with Gasteiger partial charge in [0, 0.05) is 18.3 Å². The van der Waals surface area contributed by atoms with Crippen molar-refractivity contribution in [3.8, 4) is 11.8 Å². The highest BCUT2D eigenvalue weighted by molar-refractivity contribution is 5.29. The van der Waals surface area contributed by atoms with Gasteiger partial charge in [-0.05, 0) is 45.7 Å². The molecule has 21 heavy (non-hydrogen) atoms. The molecule has 0 saturated carbocycles. The largest absolute Gasteiger partial charge is 0.492 e. The van der Waals surface area contributed by atoms with Crippen LogP contribution in [0.1, 0.15) is 51.9 Å². The molecule has 0 fully saturated rings. The topological polar surface area (TPSA) is 57.9 Å². The van der Waals surface area contributed by atoms with Gasteiger partial charge in [-0.15, -0.1) is 0 Å². The average Bonchev–Trinajstić information content (AvgIpc) is 2.43. The van der Waals surface area contributed by atoms with Crippen LogP contribution >= 0.6 is 0 Å². The van der Waals surface area contributed by atoms with Crippen molar-refractivity contribution in [2.75, 3.05) is 6.61 Å². The van der Waals surface area contributed by atoms with Crippen molar-refractivity contribution < 1.29 is 4.74 Å². The van der Waals surface area contributed by atoms with Gasteiger partial charge in [-0.2, -0.15) is 5.26 Å². The molecule has 4 nitrogen and oxygen atoms in total. The van der Waals surface area contributed by atoms with Crippen molar-refractivity contribution in [2.45, 2.75) is 60.0 Å². The van der Waals surface area contributed by atoms with E-state index in [9.17, 15) is 0 Å². The van der Waals surface area contributed by atoms with Crippen molar-refractivity contribution >= 4 is 0 Å². The van der Waals surface area contributed by atoms with E-state index in [1.54, 1.807) is 0 Å². The van der Waals surface area contributed by atoms with E-state index >= 15 is 0 Å². The van der Waals surface area contributed by atoms with Crippen LogP contribution in [-0.4, -0.2) is 17.6 Å². The van der Waals surface area contributed by atoms with Crippen LogP contribution in [0.5, 0.6) is 5.75 Å². The summed E-state index contributed by atoms with van der Waals surface area (Å²) in [6.45, 7) is 11.4. The molecule has 0 aliphatic carbocycles. The number of rotatable bonds is 8. The molecule has 116 valence electrons. The first-order valence-electron chi connectivity index (χ1n) is 7.58. The van der Waals surface area contributed by atoms with Gasteiger partial charge >= 0.3 is 0 Å². The minimum atomic E-state index is -0.281. The van der Waals surface area contributed by atoms with Gasteiger partial charge in [0.15, 0.2) is 0 Å². The fourth-order valence-electron chi connectivity index (χ4n) is 1.91. The fraction of sp³-hybridized carbons (Fsp3) is 0.647. The van der Waals surface area contributed by atoms with Crippen molar-refractivity contribution in [1.29, 1.82) is 5.26 Å². The van der Waals surface area contributed by atoms with Gasteiger partial charge in [0.2, 0.25) is 0 Å². The lowest BCUT2D eigenvalue weighted by Gasteiger charge is -2.16. The molecule has 1 aromatic heterocycles. The molecule has 1 N–H and O–H groups in total. The molecule has 0 bridgehead atoms. The molecular weight excluding hydrogens is 262 g/mol. The van der Waals surface area contributed by atoms with Crippen LogP contribution in [0.4, 0.5) is 0 Å². The monoisotopic (exact) mass is 289 g/mol. The normalized spacial score (nSPS) is 11.5. The molecule has 0 radical (unpaired) electrons. The SMILES string of the molecule is Cc1ccc(OCCCC(C)(C)C#N)c(CNC(C)C)n1. The van der Waals surface area contributed by atoms with Crippen molar-refractivity contribution in [1.82, 2.24) is 10.3 Å². The Labute approximate surface area is 128 Å². The van der Waals surface area contributed by atoms with Crippen LogP contribution in [-0.2, 0) is 6.54 Å². The Bertz CT molecular complexity index is 489. The van der Waals surface area contributed by atoms with Gasteiger partial charge in [-0.3, -0.25) is 4.98 Å². The summed E-state index contributed by atoms with van der Waals surface area (Å²) in [5.41, 5.74) is 1.66. The number of hydrogen-bond acceptors (Lipinski definition) is 4. The third-order valence-electron chi connectivity index (χ3n) is 3.26. The highest BCUT2D eigenvalue weighted by Crippen LogP contribution is 2.22. The maximum atomic E-state index is 9.00. The van der Waals surface area contributed by atoms with E-state index in [0.29, 0.717) is 19.2 Å². The maximum absolute atomic E-state index is 9.00. The van der Waals surface area contributed by atoms with Gasteiger partial charge in [0.1, 0.15) is 5.75 Å². The second-order valence-corrected chi connectivity index (χ2v) is 6.38. The summed E-state index contributed by atoms with van der Waals surface area (Å²) >= 11 is 0. The standard InChI is InChI=1S/C17H27N3O/c1-13(2)19-11-15-16(8-7-14(3)20-15)21-10-6-9-17(4,5)12-18/h7-8,13,19H,6,9-11H2,1-5H3. The number of ether oxygens (including phenoxy) is 1. The molecule has 1 heterocycles. The first-order chi connectivity index (χ1) is 9.84. The lowest BCUT2D eigenvalue weighted by Crippen LogP contribution is -2.23. The van der Waals surface area contributed by atoms with Gasteiger partial charge < -0.3 is 10.1 Å². The Hall–Kier alpha value is -1.60. The van der Waals surface area contributed by atoms with E-state index in [4.69, 9.17) is 10.00 Å². The summed E-state index contributed by atoms with van der Waals surface area (Å²) in [5, 5.41) is 12.4. The van der Waals surface area contributed by atoms with Gasteiger partial charge in [-0.25, -0.2) is 0 Å². The van der Waals surface area contributed by atoms with Crippen LogP contribution in [0.3, 0.4) is 0 Å². The first kappa shape index (κ1) is 17.5.